The molecular formula is C24H26O5. The van der Waals surface area contributed by atoms with Gasteiger partial charge >= 0.3 is 11.9 Å². The van der Waals surface area contributed by atoms with Crippen LogP contribution in [0.3, 0.4) is 0 Å². The molecule has 0 aromatic heterocycles. The first-order chi connectivity index (χ1) is 14.0. The Hall–Kier alpha value is -3.21. The van der Waals surface area contributed by atoms with Crippen molar-refractivity contribution in [2.45, 2.75) is 26.7 Å². The summed E-state index contributed by atoms with van der Waals surface area (Å²) >= 11 is 0. The van der Waals surface area contributed by atoms with Crippen molar-refractivity contribution in [2.75, 3.05) is 13.7 Å². The van der Waals surface area contributed by atoms with Crippen LogP contribution in [0.15, 0.2) is 54.6 Å². The highest BCUT2D eigenvalue weighted by Gasteiger charge is 2.30. The Balaban J connectivity index is 2.46. The van der Waals surface area contributed by atoms with Crippen molar-refractivity contribution in [2.24, 2.45) is 5.92 Å². The third-order valence-electron chi connectivity index (χ3n) is 4.46. The van der Waals surface area contributed by atoms with E-state index in [2.05, 4.69) is 0 Å². The van der Waals surface area contributed by atoms with E-state index in [-0.39, 0.29) is 12.4 Å². The molecule has 0 aliphatic rings. The van der Waals surface area contributed by atoms with Crippen molar-refractivity contribution in [1.29, 1.82) is 0 Å². The quantitative estimate of drug-likeness (QED) is 0.270. The number of ether oxygens (including phenoxy) is 2. The van der Waals surface area contributed by atoms with Crippen LogP contribution < -0.4 is 0 Å². The molecule has 0 N–H and O–H groups in total. The maximum Gasteiger partial charge on any atom is 0.337 e. The lowest BCUT2D eigenvalue weighted by Crippen LogP contribution is -2.27. The lowest BCUT2D eigenvalue weighted by molar-refractivity contribution is -0.150. The molecule has 2 aromatic carbocycles. The predicted molar refractivity (Wildman–Crippen MR) is 112 cm³/mol. The summed E-state index contributed by atoms with van der Waals surface area (Å²) in [5, 5.41) is 0. The van der Waals surface area contributed by atoms with Gasteiger partial charge in [-0.25, -0.2) is 4.79 Å². The van der Waals surface area contributed by atoms with E-state index in [0.717, 1.165) is 11.1 Å². The van der Waals surface area contributed by atoms with Crippen LogP contribution in [0.5, 0.6) is 0 Å². The van der Waals surface area contributed by atoms with Crippen molar-refractivity contribution < 1.29 is 23.9 Å². The number of hydrogen-bond acceptors (Lipinski definition) is 5. The third-order valence-corrected chi connectivity index (χ3v) is 4.46. The summed E-state index contributed by atoms with van der Waals surface area (Å²) in [6.07, 6.45) is 2.84. The zero-order chi connectivity index (χ0) is 21.2. The number of allylic oxidation sites excluding steroid dienone is 1. The highest BCUT2D eigenvalue weighted by Crippen LogP contribution is 2.26. The number of methoxy groups -OCH3 is 1. The molecule has 0 radical (unpaired) electrons. The first-order valence-corrected chi connectivity index (χ1v) is 9.68. The molecule has 29 heavy (non-hydrogen) atoms. The molecule has 2 rings (SSSR count). The number of carbonyl (C=O) groups excluding carboxylic acids is 3. The lowest BCUT2D eigenvalue weighted by Gasteiger charge is -2.16. The topological polar surface area (TPSA) is 69.7 Å². The van der Waals surface area contributed by atoms with E-state index in [1.54, 1.807) is 37.3 Å². The smallest absolute Gasteiger partial charge is 0.337 e. The zero-order valence-electron chi connectivity index (χ0n) is 17.0. The van der Waals surface area contributed by atoms with Crippen LogP contribution in [0.1, 0.15) is 48.2 Å². The van der Waals surface area contributed by atoms with Crippen molar-refractivity contribution >= 4 is 29.4 Å². The molecule has 5 nitrogen and oxygen atoms in total. The Morgan fingerprint density at radius 2 is 1.59 bits per heavy atom. The molecule has 0 amide bonds. The second-order valence-electron chi connectivity index (χ2n) is 6.50. The second-order valence-corrected chi connectivity index (χ2v) is 6.50. The van der Waals surface area contributed by atoms with Crippen LogP contribution in [-0.4, -0.2) is 31.4 Å². The van der Waals surface area contributed by atoms with Crippen molar-refractivity contribution in [1.82, 2.24) is 0 Å². The minimum absolute atomic E-state index is 0.228. The Bertz CT molecular complexity index is 866. The molecule has 0 spiro atoms. The second kappa shape index (κ2) is 11.0. The molecule has 0 fully saturated rings. The van der Waals surface area contributed by atoms with Crippen molar-refractivity contribution in [3.8, 4) is 0 Å². The molecule has 0 saturated carbocycles. The fraction of sp³-hybridized carbons (Fsp3) is 0.292. The van der Waals surface area contributed by atoms with Gasteiger partial charge in [-0.3, -0.25) is 9.59 Å². The van der Waals surface area contributed by atoms with Crippen LogP contribution in [0.2, 0.25) is 0 Å². The Labute approximate surface area is 171 Å². The molecular weight excluding hydrogens is 368 g/mol. The number of esters is 2. The summed E-state index contributed by atoms with van der Waals surface area (Å²) in [7, 11) is 1.32. The fourth-order valence-electron chi connectivity index (χ4n) is 2.99. The van der Waals surface area contributed by atoms with Gasteiger partial charge in [0.2, 0.25) is 0 Å². The van der Waals surface area contributed by atoms with Gasteiger partial charge in [-0.1, -0.05) is 55.8 Å². The molecule has 1 atom stereocenters. The fourth-order valence-corrected chi connectivity index (χ4v) is 2.99. The number of hydrogen-bond donors (Lipinski definition) is 0. The van der Waals surface area contributed by atoms with E-state index in [4.69, 9.17) is 9.47 Å². The molecule has 5 heteroatoms. The summed E-state index contributed by atoms with van der Waals surface area (Å²) in [6.45, 7) is 3.88. The van der Waals surface area contributed by atoms with E-state index in [1.807, 2.05) is 37.3 Å². The SMILES string of the molecule is CCCC(C(=O)OCC)C(=O)/C(=C/c1ccc(C(=O)OC)cc1)c1ccccc1. The lowest BCUT2D eigenvalue weighted by atomic mass is 9.88. The maximum atomic E-state index is 13.3. The monoisotopic (exact) mass is 394 g/mol. The molecule has 1 unspecified atom stereocenters. The Morgan fingerprint density at radius 1 is 0.931 bits per heavy atom. The van der Waals surface area contributed by atoms with E-state index < -0.39 is 17.9 Å². The largest absolute Gasteiger partial charge is 0.465 e. The number of benzene rings is 2. The first kappa shape index (κ1) is 22.1. The predicted octanol–water partition coefficient (Wildman–Crippen LogP) is 4.56. The number of rotatable bonds is 9. The van der Waals surface area contributed by atoms with Gasteiger partial charge in [-0.15, -0.1) is 0 Å². The van der Waals surface area contributed by atoms with E-state index in [9.17, 15) is 14.4 Å². The average Bonchev–Trinajstić information content (AvgIpc) is 2.76. The highest BCUT2D eigenvalue weighted by molar-refractivity contribution is 6.30. The Kier molecular flexibility index (Phi) is 8.34. The van der Waals surface area contributed by atoms with Gasteiger partial charge < -0.3 is 9.47 Å². The zero-order valence-corrected chi connectivity index (χ0v) is 17.0. The maximum absolute atomic E-state index is 13.3. The molecule has 0 heterocycles. The normalized spacial score (nSPS) is 12.2. The highest BCUT2D eigenvalue weighted by atomic mass is 16.5. The summed E-state index contributed by atoms with van der Waals surface area (Å²) in [6, 6.07) is 16.0. The number of carbonyl (C=O) groups is 3. The van der Waals surface area contributed by atoms with E-state index in [1.165, 1.54) is 7.11 Å². The molecule has 0 aliphatic heterocycles. The minimum atomic E-state index is -0.847. The van der Waals surface area contributed by atoms with Gasteiger partial charge in [0.05, 0.1) is 19.3 Å². The Morgan fingerprint density at radius 3 is 2.14 bits per heavy atom. The van der Waals surface area contributed by atoms with Gasteiger partial charge in [0.15, 0.2) is 5.78 Å². The van der Waals surface area contributed by atoms with E-state index >= 15 is 0 Å². The molecule has 0 aliphatic carbocycles. The first-order valence-electron chi connectivity index (χ1n) is 9.68. The molecule has 2 aromatic rings. The number of ketones is 1. The van der Waals surface area contributed by atoms with Crippen LogP contribution in [0.4, 0.5) is 0 Å². The van der Waals surface area contributed by atoms with Gasteiger partial charge in [-0.05, 0) is 42.7 Å². The van der Waals surface area contributed by atoms with Crippen molar-refractivity contribution in [3.63, 3.8) is 0 Å². The van der Waals surface area contributed by atoms with Crippen LogP contribution in [0.25, 0.3) is 11.6 Å². The summed E-state index contributed by atoms with van der Waals surface area (Å²) in [4.78, 5) is 37.4. The summed E-state index contributed by atoms with van der Waals surface area (Å²) < 4.78 is 9.84. The molecule has 0 saturated heterocycles. The molecule has 152 valence electrons. The number of Topliss-reactive ketones (excluding diaryl/α,β-unsaturated/α-hetero) is 1. The van der Waals surface area contributed by atoms with Crippen molar-refractivity contribution in [3.05, 3.63) is 71.3 Å². The average molecular weight is 394 g/mol. The van der Waals surface area contributed by atoms with E-state index in [0.29, 0.717) is 24.0 Å². The minimum Gasteiger partial charge on any atom is -0.465 e. The van der Waals surface area contributed by atoms with Crippen LogP contribution in [0, 0.1) is 5.92 Å². The standard InChI is InChI=1S/C24H26O5/c1-4-9-20(24(27)29-5-2)22(25)21(18-10-7-6-8-11-18)16-17-12-14-19(15-13-17)23(26)28-3/h6-8,10-16,20H,4-5,9H2,1-3H3/b21-16+. The van der Waals surface area contributed by atoms with Crippen LogP contribution >= 0.6 is 0 Å². The van der Waals surface area contributed by atoms with Gasteiger partial charge in [0.25, 0.3) is 0 Å². The van der Waals surface area contributed by atoms with Gasteiger partial charge in [-0.2, -0.15) is 0 Å². The van der Waals surface area contributed by atoms with Gasteiger partial charge in [0.1, 0.15) is 5.92 Å². The summed E-state index contributed by atoms with van der Waals surface area (Å²) in [5.74, 6) is -2.04. The van der Waals surface area contributed by atoms with Gasteiger partial charge in [0, 0.05) is 5.57 Å². The van der Waals surface area contributed by atoms with Crippen LogP contribution in [-0.2, 0) is 19.1 Å². The molecule has 0 bridgehead atoms. The summed E-state index contributed by atoms with van der Waals surface area (Å²) in [5.41, 5.74) is 2.32. The third kappa shape index (κ3) is 5.88.